The zero-order valence-corrected chi connectivity index (χ0v) is 16.3. The highest BCUT2D eigenvalue weighted by Crippen LogP contribution is 2.16. The van der Waals surface area contributed by atoms with Crippen LogP contribution in [0.5, 0.6) is 0 Å². The Balaban J connectivity index is 1.53. The molecule has 3 aromatic carbocycles. The van der Waals surface area contributed by atoms with Crippen molar-refractivity contribution in [3.05, 3.63) is 90.5 Å². The van der Waals surface area contributed by atoms with Gasteiger partial charge < -0.3 is 26.4 Å². The standard InChI is InChI=1S/C23H24N4O3/c28-16-21(14-17-8-3-1-4-9-17)27-23(30)26-20-13-7-12-19(15-20)25-22(29)24-18-10-5-2-6-11-18/h1-13,15,21,28H,14,16H2,(H2,24,25,29)(H2,26,27,30). The molecular formula is C23H24N4O3. The van der Waals surface area contributed by atoms with Crippen LogP contribution < -0.4 is 21.3 Å². The van der Waals surface area contributed by atoms with Gasteiger partial charge in [-0.2, -0.15) is 0 Å². The Labute approximate surface area is 175 Å². The van der Waals surface area contributed by atoms with E-state index in [4.69, 9.17) is 0 Å². The Hall–Kier alpha value is -3.84. The van der Waals surface area contributed by atoms with E-state index >= 15 is 0 Å². The molecule has 0 fully saturated rings. The van der Waals surface area contributed by atoms with Gasteiger partial charge in [0, 0.05) is 17.1 Å². The molecule has 30 heavy (non-hydrogen) atoms. The fraction of sp³-hybridized carbons (Fsp3) is 0.130. The second-order valence-corrected chi connectivity index (χ2v) is 6.69. The summed E-state index contributed by atoms with van der Waals surface area (Å²) >= 11 is 0. The van der Waals surface area contributed by atoms with E-state index in [1.807, 2.05) is 48.5 Å². The monoisotopic (exact) mass is 404 g/mol. The number of hydrogen-bond donors (Lipinski definition) is 5. The van der Waals surface area contributed by atoms with Crippen LogP contribution in [-0.4, -0.2) is 29.8 Å². The van der Waals surface area contributed by atoms with Crippen molar-refractivity contribution in [3.63, 3.8) is 0 Å². The summed E-state index contributed by atoms with van der Waals surface area (Å²) < 4.78 is 0. The minimum atomic E-state index is -0.434. The molecule has 0 saturated carbocycles. The lowest BCUT2D eigenvalue weighted by molar-refractivity contribution is 0.224. The lowest BCUT2D eigenvalue weighted by Gasteiger charge is -2.17. The fourth-order valence-electron chi connectivity index (χ4n) is 2.90. The molecule has 3 rings (SSSR count). The van der Waals surface area contributed by atoms with Crippen LogP contribution in [0.15, 0.2) is 84.9 Å². The molecule has 1 unspecified atom stereocenters. The second-order valence-electron chi connectivity index (χ2n) is 6.69. The zero-order valence-electron chi connectivity index (χ0n) is 16.3. The van der Waals surface area contributed by atoms with Crippen LogP contribution >= 0.6 is 0 Å². The highest BCUT2D eigenvalue weighted by molar-refractivity contribution is 6.00. The Bertz CT molecular complexity index is 964. The SMILES string of the molecule is O=C(Nc1ccccc1)Nc1cccc(NC(=O)NC(CO)Cc2ccccc2)c1. The molecule has 0 saturated heterocycles. The lowest BCUT2D eigenvalue weighted by atomic mass is 10.1. The van der Waals surface area contributed by atoms with Crippen LogP contribution in [0, 0.1) is 0 Å². The molecule has 0 aliphatic rings. The zero-order chi connectivity index (χ0) is 21.2. The van der Waals surface area contributed by atoms with E-state index in [0.29, 0.717) is 23.5 Å². The van der Waals surface area contributed by atoms with Gasteiger partial charge in [-0.3, -0.25) is 0 Å². The van der Waals surface area contributed by atoms with Gasteiger partial charge in [-0.05, 0) is 42.3 Å². The van der Waals surface area contributed by atoms with Crippen molar-refractivity contribution < 1.29 is 14.7 Å². The van der Waals surface area contributed by atoms with Crippen LogP contribution in [0.1, 0.15) is 5.56 Å². The second kappa shape index (κ2) is 10.6. The van der Waals surface area contributed by atoms with Crippen molar-refractivity contribution >= 4 is 29.1 Å². The summed E-state index contributed by atoms with van der Waals surface area (Å²) in [6.07, 6.45) is 0.520. The van der Waals surface area contributed by atoms with Crippen molar-refractivity contribution in [1.82, 2.24) is 5.32 Å². The fourth-order valence-corrected chi connectivity index (χ4v) is 2.90. The van der Waals surface area contributed by atoms with Crippen molar-refractivity contribution in [3.8, 4) is 0 Å². The number of nitrogens with one attached hydrogen (secondary N) is 4. The van der Waals surface area contributed by atoms with Gasteiger partial charge in [0.15, 0.2) is 0 Å². The van der Waals surface area contributed by atoms with Gasteiger partial charge in [-0.1, -0.05) is 54.6 Å². The molecule has 4 amide bonds. The highest BCUT2D eigenvalue weighted by atomic mass is 16.3. The van der Waals surface area contributed by atoms with Gasteiger partial charge in [-0.15, -0.1) is 0 Å². The van der Waals surface area contributed by atoms with E-state index in [1.165, 1.54) is 0 Å². The molecule has 5 N–H and O–H groups in total. The van der Waals surface area contributed by atoms with Crippen LogP contribution in [0.4, 0.5) is 26.7 Å². The topological polar surface area (TPSA) is 102 Å². The highest BCUT2D eigenvalue weighted by Gasteiger charge is 2.12. The van der Waals surface area contributed by atoms with Crippen molar-refractivity contribution in [2.24, 2.45) is 0 Å². The third kappa shape index (κ3) is 6.65. The number of rotatable bonds is 7. The minimum absolute atomic E-state index is 0.177. The van der Waals surface area contributed by atoms with E-state index < -0.39 is 12.1 Å². The number of aliphatic hydroxyl groups is 1. The first-order valence-electron chi connectivity index (χ1n) is 9.58. The smallest absolute Gasteiger partial charge is 0.323 e. The Morgan fingerprint density at radius 1 is 0.700 bits per heavy atom. The van der Waals surface area contributed by atoms with E-state index in [9.17, 15) is 14.7 Å². The average molecular weight is 404 g/mol. The maximum Gasteiger partial charge on any atom is 0.323 e. The van der Waals surface area contributed by atoms with Gasteiger partial charge in [0.25, 0.3) is 0 Å². The van der Waals surface area contributed by atoms with Crippen LogP contribution in [0.25, 0.3) is 0 Å². The molecule has 1 atom stereocenters. The first-order valence-corrected chi connectivity index (χ1v) is 9.58. The summed E-state index contributed by atoms with van der Waals surface area (Å²) in [7, 11) is 0. The molecule has 0 aliphatic heterocycles. The maximum absolute atomic E-state index is 12.3. The Kier molecular flexibility index (Phi) is 7.40. The molecule has 0 bridgehead atoms. The van der Waals surface area contributed by atoms with Gasteiger partial charge in [-0.25, -0.2) is 9.59 Å². The average Bonchev–Trinajstić information content (AvgIpc) is 2.75. The molecule has 0 heterocycles. The Morgan fingerprint density at radius 3 is 1.87 bits per heavy atom. The predicted molar refractivity (Wildman–Crippen MR) is 119 cm³/mol. The number of benzene rings is 3. The molecule has 3 aromatic rings. The number of para-hydroxylation sites is 1. The van der Waals surface area contributed by atoms with E-state index in [-0.39, 0.29) is 12.6 Å². The summed E-state index contributed by atoms with van der Waals surface area (Å²) in [5.41, 5.74) is 2.75. The third-order valence-electron chi connectivity index (χ3n) is 4.29. The van der Waals surface area contributed by atoms with Crippen molar-refractivity contribution in [1.29, 1.82) is 0 Å². The van der Waals surface area contributed by atoms with E-state index in [1.54, 1.807) is 36.4 Å². The van der Waals surface area contributed by atoms with Crippen LogP contribution in [0.2, 0.25) is 0 Å². The summed E-state index contributed by atoms with van der Waals surface area (Å²) in [6.45, 7) is -0.177. The molecule has 0 aliphatic carbocycles. The summed E-state index contributed by atoms with van der Waals surface area (Å²) in [6, 6.07) is 24.3. The van der Waals surface area contributed by atoms with Gasteiger partial charge in [0.1, 0.15) is 0 Å². The predicted octanol–water partition coefficient (Wildman–Crippen LogP) is 4.06. The van der Waals surface area contributed by atoms with Crippen molar-refractivity contribution in [2.45, 2.75) is 12.5 Å². The number of carbonyl (C=O) groups excluding carboxylic acids is 2. The van der Waals surface area contributed by atoms with Crippen molar-refractivity contribution in [2.75, 3.05) is 22.6 Å². The first kappa shape index (κ1) is 20.9. The number of amides is 4. The van der Waals surface area contributed by atoms with E-state index in [0.717, 1.165) is 5.56 Å². The quantitative estimate of drug-likeness (QED) is 0.410. The number of urea groups is 2. The van der Waals surface area contributed by atoms with E-state index in [2.05, 4.69) is 21.3 Å². The third-order valence-corrected chi connectivity index (χ3v) is 4.29. The first-order chi connectivity index (χ1) is 14.6. The largest absolute Gasteiger partial charge is 0.394 e. The number of aliphatic hydroxyl groups excluding tert-OH is 1. The molecule has 7 heteroatoms. The molecule has 0 radical (unpaired) electrons. The number of hydrogen-bond acceptors (Lipinski definition) is 3. The molecule has 0 spiro atoms. The molecule has 7 nitrogen and oxygen atoms in total. The van der Waals surface area contributed by atoms with Crippen LogP contribution in [-0.2, 0) is 6.42 Å². The minimum Gasteiger partial charge on any atom is -0.394 e. The summed E-state index contributed by atoms with van der Waals surface area (Å²) in [5.74, 6) is 0. The number of carbonyl (C=O) groups is 2. The summed E-state index contributed by atoms with van der Waals surface area (Å²) in [4.78, 5) is 24.4. The van der Waals surface area contributed by atoms with Crippen LogP contribution in [0.3, 0.4) is 0 Å². The maximum atomic E-state index is 12.3. The molecule has 0 aromatic heterocycles. The molecule has 154 valence electrons. The normalized spacial score (nSPS) is 11.2. The lowest BCUT2D eigenvalue weighted by Crippen LogP contribution is -2.41. The number of anilines is 3. The van der Waals surface area contributed by atoms with Gasteiger partial charge in [0.05, 0.1) is 12.6 Å². The summed E-state index contributed by atoms with van der Waals surface area (Å²) in [5, 5.41) is 20.5. The Morgan fingerprint density at radius 2 is 1.23 bits per heavy atom. The van der Waals surface area contributed by atoms with Gasteiger partial charge in [0.2, 0.25) is 0 Å². The van der Waals surface area contributed by atoms with Gasteiger partial charge >= 0.3 is 12.1 Å². The molecular weight excluding hydrogens is 380 g/mol.